The van der Waals surface area contributed by atoms with Gasteiger partial charge in [-0.2, -0.15) is 10.5 Å². The highest BCUT2D eigenvalue weighted by molar-refractivity contribution is 6.36. The second-order valence-corrected chi connectivity index (χ2v) is 13.3. The number of halogens is 3. The first-order valence-corrected chi connectivity index (χ1v) is 18.3. The summed E-state index contributed by atoms with van der Waals surface area (Å²) in [5.74, 6) is -0.655. The lowest BCUT2D eigenvalue weighted by Gasteiger charge is -2.31. The third-order valence-corrected chi connectivity index (χ3v) is 9.77. The topological polar surface area (TPSA) is 131 Å². The summed E-state index contributed by atoms with van der Waals surface area (Å²) >= 11 is 6.16. The fourth-order valence-electron chi connectivity index (χ4n) is 6.63. The van der Waals surface area contributed by atoms with Crippen LogP contribution in [0.1, 0.15) is 22.3 Å². The molecule has 10 nitrogen and oxygen atoms in total. The molecule has 55 heavy (non-hydrogen) atoms. The smallest absolute Gasteiger partial charge is 0.271 e. The maximum atomic E-state index is 13.2. The summed E-state index contributed by atoms with van der Waals surface area (Å²) in [7, 11) is 0. The Balaban J connectivity index is 0.000000165. The molecule has 0 aliphatic carbocycles. The van der Waals surface area contributed by atoms with Crippen molar-refractivity contribution in [1.82, 2.24) is 25.1 Å². The van der Waals surface area contributed by atoms with Gasteiger partial charge in [-0.25, -0.2) is 8.78 Å². The van der Waals surface area contributed by atoms with E-state index in [9.17, 15) is 28.9 Å². The first kappa shape index (κ1) is 38.8. The van der Waals surface area contributed by atoms with Crippen molar-refractivity contribution < 1.29 is 8.78 Å². The molecule has 3 N–H and O–H groups in total. The molecule has 2 aliphatic rings. The highest BCUT2D eigenvalue weighted by atomic mass is 35.5. The largest absolute Gasteiger partial charge is 0.367 e. The van der Waals surface area contributed by atoms with Crippen LogP contribution in [-0.2, 0) is 13.1 Å². The summed E-state index contributed by atoms with van der Waals surface area (Å²) in [5, 5.41) is 30.4. The second-order valence-electron chi connectivity index (χ2n) is 12.9. The average Bonchev–Trinajstić information content (AvgIpc) is 3.23. The van der Waals surface area contributed by atoms with Gasteiger partial charge >= 0.3 is 0 Å². The van der Waals surface area contributed by atoms with Gasteiger partial charge in [-0.05, 0) is 47.5 Å². The Kier molecular flexibility index (Phi) is 13.0. The number of para-hydroxylation sites is 2. The second kappa shape index (κ2) is 18.4. The Labute approximate surface area is 321 Å². The number of piperazine rings is 2. The highest BCUT2D eigenvalue weighted by Gasteiger charge is 2.23. The number of hydrogen-bond acceptors (Lipinski definition) is 8. The Bertz CT molecular complexity index is 2470. The van der Waals surface area contributed by atoms with E-state index < -0.39 is 5.56 Å². The summed E-state index contributed by atoms with van der Waals surface area (Å²) < 4.78 is 29.3. The van der Waals surface area contributed by atoms with E-state index in [1.54, 1.807) is 53.1 Å². The van der Waals surface area contributed by atoms with E-state index in [2.05, 4.69) is 26.9 Å². The molecular formula is C42H39ClF2N8O2. The molecule has 2 aromatic heterocycles. The quantitative estimate of drug-likeness (QED) is 0.214. The van der Waals surface area contributed by atoms with Crippen LogP contribution in [0.15, 0.2) is 107 Å². The first-order valence-electron chi connectivity index (χ1n) is 17.9. The molecule has 0 bridgehead atoms. The number of fused-ring (bicyclic) bond motifs is 2. The number of hydrogen-bond donors (Lipinski definition) is 3. The highest BCUT2D eigenvalue weighted by Crippen LogP contribution is 2.29. The van der Waals surface area contributed by atoms with E-state index in [0.717, 1.165) is 80.1 Å². The molecule has 0 spiro atoms. The molecule has 0 amide bonds. The molecule has 4 heterocycles. The Hall–Kier alpha value is -5.89. The monoisotopic (exact) mass is 760 g/mol. The molecule has 2 fully saturated rings. The van der Waals surface area contributed by atoms with Gasteiger partial charge in [0.25, 0.3) is 11.1 Å². The molecule has 8 rings (SSSR count). The van der Waals surface area contributed by atoms with Crippen LogP contribution in [0.5, 0.6) is 0 Å². The van der Waals surface area contributed by atoms with Crippen LogP contribution in [-0.4, -0.2) is 61.5 Å². The van der Waals surface area contributed by atoms with Gasteiger partial charge in [0.1, 0.15) is 34.9 Å². The lowest BCUT2D eigenvalue weighted by Crippen LogP contribution is -2.44. The van der Waals surface area contributed by atoms with E-state index in [4.69, 9.17) is 11.6 Å². The summed E-state index contributed by atoms with van der Waals surface area (Å²) in [6, 6.07) is 30.7. The number of nitrogens with zero attached hydrogens (tertiary/aromatic N) is 5. The molecule has 0 saturated carbocycles. The maximum Gasteiger partial charge on any atom is 0.271 e. The van der Waals surface area contributed by atoms with Crippen LogP contribution in [0.25, 0.3) is 21.8 Å². The molecular weight excluding hydrogens is 722 g/mol. The van der Waals surface area contributed by atoms with Gasteiger partial charge in [0.2, 0.25) is 0 Å². The van der Waals surface area contributed by atoms with Crippen molar-refractivity contribution in [1.29, 1.82) is 10.5 Å². The van der Waals surface area contributed by atoms with Gasteiger partial charge in [0.05, 0.1) is 34.8 Å². The van der Waals surface area contributed by atoms with E-state index in [1.807, 2.05) is 30.3 Å². The van der Waals surface area contributed by atoms with Gasteiger partial charge in [-0.15, -0.1) is 0 Å². The minimum atomic E-state index is -0.449. The van der Waals surface area contributed by atoms with Crippen LogP contribution in [0.3, 0.4) is 0 Å². The normalized spacial score (nSPS) is 13.9. The molecule has 0 radical (unpaired) electrons. The SMILES string of the molecule is C1CNCCN1.N#Cc1c(Cl)c2ccccc2n(Cc2ccc(F)cc2)c1=O.N#Cc1c(N2CCNCC2)c2ccccc2n(Cc2ccc(F)cc2)c1=O. The van der Waals surface area contributed by atoms with Crippen molar-refractivity contribution in [2.75, 3.05) is 57.3 Å². The Morgan fingerprint density at radius 2 is 1.00 bits per heavy atom. The fraction of sp³-hybridized carbons (Fsp3) is 0.238. The number of nitrogens with one attached hydrogen (secondary N) is 3. The maximum absolute atomic E-state index is 13.2. The van der Waals surface area contributed by atoms with Gasteiger partial charge in [0, 0.05) is 63.1 Å². The number of benzene rings is 4. The zero-order valence-electron chi connectivity index (χ0n) is 30.0. The molecule has 0 atom stereocenters. The van der Waals surface area contributed by atoms with Crippen LogP contribution < -0.4 is 32.0 Å². The molecule has 13 heteroatoms. The molecule has 0 unspecified atom stereocenters. The minimum Gasteiger partial charge on any atom is -0.367 e. The molecule has 4 aromatic carbocycles. The predicted molar refractivity (Wildman–Crippen MR) is 213 cm³/mol. The zero-order chi connectivity index (χ0) is 38.7. The summed E-state index contributed by atoms with van der Waals surface area (Å²) in [6.45, 7) is 8.22. The average molecular weight is 761 g/mol. The number of pyridine rings is 2. The lowest BCUT2D eigenvalue weighted by molar-refractivity contribution is 0.534. The van der Waals surface area contributed by atoms with Crippen molar-refractivity contribution >= 4 is 39.1 Å². The van der Waals surface area contributed by atoms with E-state index >= 15 is 0 Å². The van der Waals surface area contributed by atoms with Crippen LogP contribution in [0.2, 0.25) is 5.02 Å². The van der Waals surface area contributed by atoms with Gasteiger partial charge in [-0.1, -0.05) is 72.3 Å². The fourth-order valence-corrected chi connectivity index (χ4v) is 6.92. The zero-order valence-corrected chi connectivity index (χ0v) is 30.8. The Morgan fingerprint density at radius 1 is 0.582 bits per heavy atom. The standard InChI is InChI=1S/C21H19FN4O.C17H10ClFN2O.C4H10N2/c22-16-7-5-15(6-8-16)14-26-19-4-2-1-3-17(19)20(18(13-23)21(26)27)25-11-9-24-10-12-25;18-16-13-3-1-2-4-15(13)21(17(22)14(16)9-20)10-11-5-7-12(19)8-6-11;1-2-6-4-3-5-1/h1-8,24H,9-12,14H2;1-8H,10H2;5-6H,1-4H2. The first-order chi connectivity index (χ1) is 26.8. The van der Waals surface area contributed by atoms with E-state index in [-0.39, 0.29) is 46.4 Å². The third kappa shape index (κ3) is 9.08. The molecule has 280 valence electrons. The number of rotatable bonds is 5. The number of aromatic nitrogens is 2. The van der Waals surface area contributed by atoms with Crippen molar-refractivity contribution in [3.8, 4) is 12.1 Å². The van der Waals surface area contributed by atoms with Gasteiger partial charge in [0.15, 0.2) is 0 Å². The predicted octanol–water partition coefficient (Wildman–Crippen LogP) is 5.36. The van der Waals surface area contributed by atoms with Crippen LogP contribution >= 0.6 is 11.6 Å². The minimum absolute atomic E-state index is 0.0810. The van der Waals surface area contributed by atoms with Gasteiger partial charge in [-0.3, -0.25) is 9.59 Å². The van der Waals surface area contributed by atoms with E-state index in [1.165, 1.54) is 28.8 Å². The van der Waals surface area contributed by atoms with Crippen molar-refractivity contribution in [2.24, 2.45) is 0 Å². The van der Waals surface area contributed by atoms with Crippen molar-refractivity contribution in [2.45, 2.75) is 13.1 Å². The van der Waals surface area contributed by atoms with Crippen molar-refractivity contribution in [3.63, 3.8) is 0 Å². The van der Waals surface area contributed by atoms with Crippen LogP contribution in [0.4, 0.5) is 14.5 Å². The third-order valence-electron chi connectivity index (χ3n) is 9.38. The summed E-state index contributed by atoms with van der Waals surface area (Å²) in [4.78, 5) is 27.8. The molecule has 2 saturated heterocycles. The summed E-state index contributed by atoms with van der Waals surface area (Å²) in [5.41, 5.74) is 3.03. The molecule has 2 aliphatic heterocycles. The van der Waals surface area contributed by atoms with E-state index in [0.29, 0.717) is 10.9 Å². The molecule has 6 aromatic rings. The number of anilines is 1. The van der Waals surface area contributed by atoms with Gasteiger partial charge < -0.3 is 30.0 Å². The Morgan fingerprint density at radius 3 is 1.47 bits per heavy atom. The van der Waals surface area contributed by atoms with Crippen LogP contribution in [0, 0.1) is 34.3 Å². The van der Waals surface area contributed by atoms with Crippen molar-refractivity contribution in [3.05, 3.63) is 157 Å². The summed E-state index contributed by atoms with van der Waals surface area (Å²) in [6.07, 6.45) is 0. The lowest BCUT2D eigenvalue weighted by atomic mass is 10.1. The number of nitriles is 2.